The number of hydrogen-bond donors (Lipinski definition) is 1. The molecule has 134 valence electrons. The van der Waals surface area contributed by atoms with Gasteiger partial charge in [-0.05, 0) is 30.2 Å². The average Bonchev–Trinajstić information content (AvgIpc) is 3.37. The Morgan fingerprint density at radius 1 is 0.963 bits per heavy atom. The maximum absolute atomic E-state index is 12.9. The second-order valence-electron chi connectivity index (χ2n) is 6.45. The molecule has 4 aromatic rings. The van der Waals surface area contributed by atoms with E-state index in [1.54, 1.807) is 0 Å². The molecule has 0 saturated carbocycles. The number of nitrogens with zero attached hydrogens (tertiary/aromatic N) is 1. The average molecular weight is 372 g/mol. The Bertz CT molecular complexity index is 1030. The Hall–Kier alpha value is -3.11. The zero-order valence-electron chi connectivity index (χ0n) is 15.1. The van der Waals surface area contributed by atoms with Crippen molar-refractivity contribution in [2.45, 2.75) is 13.5 Å². The van der Waals surface area contributed by atoms with Crippen LogP contribution in [0.4, 0.5) is 0 Å². The van der Waals surface area contributed by atoms with Gasteiger partial charge in [0.1, 0.15) is 4.88 Å². The number of aromatic nitrogens is 1. The van der Waals surface area contributed by atoms with Crippen LogP contribution in [0.15, 0.2) is 84.5 Å². The first-order valence-corrected chi connectivity index (χ1v) is 9.74. The summed E-state index contributed by atoms with van der Waals surface area (Å²) in [4.78, 5) is 13.6. The molecule has 0 unspecified atom stereocenters. The van der Waals surface area contributed by atoms with Crippen LogP contribution in [0.5, 0.6) is 0 Å². The van der Waals surface area contributed by atoms with E-state index in [2.05, 4.69) is 41.9 Å². The van der Waals surface area contributed by atoms with E-state index in [4.69, 9.17) is 0 Å². The zero-order chi connectivity index (χ0) is 18.6. The summed E-state index contributed by atoms with van der Waals surface area (Å²) in [7, 11) is 0. The number of thiophene rings is 1. The van der Waals surface area contributed by atoms with Gasteiger partial charge in [0.2, 0.25) is 0 Å². The number of rotatable bonds is 5. The van der Waals surface area contributed by atoms with Crippen LogP contribution in [0.1, 0.15) is 20.8 Å². The number of amides is 1. The molecular formula is C23H20N2OS. The molecule has 4 heteroatoms. The van der Waals surface area contributed by atoms with E-state index >= 15 is 0 Å². The van der Waals surface area contributed by atoms with Crippen molar-refractivity contribution >= 4 is 17.2 Å². The van der Waals surface area contributed by atoms with Crippen molar-refractivity contribution in [3.8, 4) is 16.8 Å². The van der Waals surface area contributed by atoms with Crippen LogP contribution < -0.4 is 5.32 Å². The van der Waals surface area contributed by atoms with Crippen LogP contribution in [0.25, 0.3) is 16.8 Å². The van der Waals surface area contributed by atoms with Crippen molar-refractivity contribution in [1.82, 2.24) is 9.88 Å². The van der Waals surface area contributed by atoms with Gasteiger partial charge in [0.05, 0.1) is 5.69 Å². The van der Waals surface area contributed by atoms with E-state index in [0.717, 1.165) is 27.3 Å². The van der Waals surface area contributed by atoms with Gasteiger partial charge in [-0.1, -0.05) is 60.2 Å². The largest absolute Gasteiger partial charge is 0.347 e. The highest BCUT2D eigenvalue weighted by molar-refractivity contribution is 7.13. The third-order valence-corrected chi connectivity index (χ3v) is 5.46. The predicted molar refractivity (Wildman–Crippen MR) is 111 cm³/mol. The molecule has 0 aliphatic rings. The summed E-state index contributed by atoms with van der Waals surface area (Å²) < 4.78 is 2.02. The molecule has 1 N–H and O–H groups in total. The number of hydrogen-bond acceptors (Lipinski definition) is 2. The molecular weight excluding hydrogens is 352 g/mol. The third-order valence-electron chi connectivity index (χ3n) is 4.49. The van der Waals surface area contributed by atoms with Crippen molar-refractivity contribution in [2.24, 2.45) is 0 Å². The van der Waals surface area contributed by atoms with Gasteiger partial charge < -0.3 is 9.88 Å². The van der Waals surface area contributed by atoms with E-state index in [0.29, 0.717) is 6.54 Å². The predicted octanol–water partition coefficient (Wildman–Crippen LogP) is 5.44. The zero-order valence-corrected chi connectivity index (χ0v) is 15.9. The fourth-order valence-electron chi connectivity index (χ4n) is 3.05. The Kier molecular flexibility index (Phi) is 4.90. The molecule has 4 rings (SSSR count). The Morgan fingerprint density at radius 3 is 2.37 bits per heavy atom. The summed E-state index contributed by atoms with van der Waals surface area (Å²) in [5.74, 6) is -0.0501. The molecule has 2 aromatic heterocycles. The molecule has 0 aliphatic carbocycles. The maximum Gasteiger partial charge on any atom is 0.263 e. The lowest BCUT2D eigenvalue weighted by Crippen LogP contribution is -2.23. The van der Waals surface area contributed by atoms with Crippen molar-refractivity contribution in [1.29, 1.82) is 0 Å². The van der Waals surface area contributed by atoms with Gasteiger partial charge in [-0.15, -0.1) is 11.3 Å². The molecule has 0 fully saturated rings. The maximum atomic E-state index is 12.9. The van der Waals surface area contributed by atoms with Crippen LogP contribution in [0.2, 0.25) is 0 Å². The van der Waals surface area contributed by atoms with Crippen LogP contribution in [0.3, 0.4) is 0 Å². The molecule has 0 aliphatic heterocycles. The monoisotopic (exact) mass is 372 g/mol. The number of aryl methyl sites for hydroxylation is 1. The van der Waals surface area contributed by atoms with Crippen LogP contribution in [0, 0.1) is 6.92 Å². The molecule has 27 heavy (non-hydrogen) atoms. The number of nitrogens with one attached hydrogen (secondary N) is 1. The molecule has 0 bridgehead atoms. The second-order valence-corrected chi connectivity index (χ2v) is 7.33. The summed E-state index contributed by atoms with van der Waals surface area (Å²) in [5, 5.41) is 5.12. The number of benzene rings is 2. The smallest absolute Gasteiger partial charge is 0.263 e. The highest BCUT2D eigenvalue weighted by Gasteiger charge is 2.20. The van der Waals surface area contributed by atoms with Gasteiger partial charge in [0.15, 0.2) is 0 Å². The summed E-state index contributed by atoms with van der Waals surface area (Å²) in [6.07, 6.45) is 3.96. The Labute approximate surface area is 162 Å². The van der Waals surface area contributed by atoms with Crippen molar-refractivity contribution in [2.75, 3.05) is 0 Å². The number of carbonyl (C=O) groups is 1. The first-order valence-electron chi connectivity index (χ1n) is 8.86. The van der Waals surface area contributed by atoms with Gasteiger partial charge in [-0.2, -0.15) is 0 Å². The van der Waals surface area contributed by atoms with Gasteiger partial charge in [-0.25, -0.2) is 0 Å². The van der Waals surface area contributed by atoms with Crippen LogP contribution >= 0.6 is 11.3 Å². The molecule has 1 amide bonds. The highest BCUT2D eigenvalue weighted by atomic mass is 32.1. The molecule has 2 heterocycles. The van der Waals surface area contributed by atoms with Crippen molar-refractivity contribution < 1.29 is 4.79 Å². The quantitative estimate of drug-likeness (QED) is 0.497. The lowest BCUT2D eigenvalue weighted by Gasteiger charge is -2.10. The van der Waals surface area contributed by atoms with E-state index in [1.165, 1.54) is 16.9 Å². The van der Waals surface area contributed by atoms with Gasteiger partial charge >= 0.3 is 0 Å². The lowest BCUT2D eigenvalue weighted by atomic mass is 10.0. The standard InChI is InChI=1S/C23H20N2OS/c1-17-9-11-19(12-10-17)20-16-27-22(21(20)25-13-5-6-14-25)23(26)24-15-18-7-3-2-4-8-18/h2-14,16H,15H2,1H3,(H,24,26). The summed E-state index contributed by atoms with van der Waals surface area (Å²) in [6.45, 7) is 2.59. The molecule has 0 radical (unpaired) electrons. The first-order chi connectivity index (χ1) is 13.2. The summed E-state index contributed by atoms with van der Waals surface area (Å²) >= 11 is 1.48. The van der Waals surface area contributed by atoms with E-state index in [9.17, 15) is 4.79 Å². The van der Waals surface area contributed by atoms with Crippen LogP contribution in [-0.2, 0) is 6.54 Å². The van der Waals surface area contributed by atoms with E-state index in [-0.39, 0.29) is 5.91 Å². The molecule has 2 aromatic carbocycles. The fourth-order valence-corrected chi connectivity index (χ4v) is 4.04. The van der Waals surface area contributed by atoms with Gasteiger partial charge in [0.25, 0.3) is 5.91 Å². The second kappa shape index (κ2) is 7.64. The van der Waals surface area contributed by atoms with E-state index in [1.807, 2.05) is 59.4 Å². The SMILES string of the molecule is Cc1ccc(-c2csc(C(=O)NCc3ccccc3)c2-n2cccc2)cc1. The minimum Gasteiger partial charge on any atom is -0.347 e. The van der Waals surface area contributed by atoms with Gasteiger partial charge in [-0.3, -0.25) is 4.79 Å². The summed E-state index contributed by atoms with van der Waals surface area (Å²) in [5.41, 5.74) is 5.42. The number of carbonyl (C=O) groups excluding carboxylic acids is 1. The first kappa shape index (κ1) is 17.3. The Balaban J connectivity index is 1.68. The van der Waals surface area contributed by atoms with Crippen LogP contribution in [-0.4, -0.2) is 10.5 Å². The molecule has 0 spiro atoms. The molecule has 0 saturated heterocycles. The molecule has 0 atom stereocenters. The minimum absolute atomic E-state index is 0.0501. The normalized spacial score (nSPS) is 10.7. The highest BCUT2D eigenvalue weighted by Crippen LogP contribution is 2.35. The third kappa shape index (κ3) is 3.71. The fraction of sp³-hybridized carbons (Fsp3) is 0.0870. The lowest BCUT2D eigenvalue weighted by molar-refractivity contribution is 0.0955. The molecule has 3 nitrogen and oxygen atoms in total. The van der Waals surface area contributed by atoms with Crippen molar-refractivity contribution in [3.05, 3.63) is 101 Å². The van der Waals surface area contributed by atoms with Crippen molar-refractivity contribution in [3.63, 3.8) is 0 Å². The topological polar surface area (TPSA) is 34.0 Å². The van der Waals surface area contributed by atoms with E-state index < -0.39 is 0 Å². The van der Waals surface area contributed by atoms with Gasteiger partial charge in [0, 0.05) is 29.9 Å². The Morgan fingerprint density at radius 2 is 1.67 bits per heavy atom. The summed E-state index contributed by atoms with van der Waals surface area (Å²) in [6, 6.07) is 22.3. The minimum atomic E-state index is -0.0501.